The molecule has 4 heteroatoms. The van der Waals surface area contributed by atoms with Gasteiger partial charge in [0.1, 0.15) is 17.8 Å². The van der Waals surface area contributed by atoms with Gasteiger partial charge in [0, 0.05) is 6.21 Å². The zero-order chi connectivity index (χ0) is 7.56. The molecular weight excluding hydrogens is 128 g/mol. The summed E-state index contributed by atoms with van der Waals surface area (Å²) in [5, 5.41) is 16.8. The maximum Gasteiger partial charge on any atom is 0.138 e. The molecule has 0 bridgehead atoms. The van der Waals surface area contributed by atoms with Gasteiger partial charge in [0.05, 0.1) is 11.6 Å². The highest BCUT2D eigenvalue weighted by Crippen LogP contribution is 2.16. The molecule has 1 aliphatic rings. The van der Waals surface area contributed by atoms with Crippen molar-refractivity contribution in [3.8, 4) is 12.1 Å². The summed E-state index contributed by atoms with van der Waals surface area (Å²) in [5.41, 5.74) is 5.52. The van der Waals surface area contributed by atoms with Gasteiger partial charge >= 0.3 is 0 Å². The van der Waals surface area contributed by atoms with E-state index in [-0.39, 0.29) is 11.4 Å². The molecule has 1 rings (SSSR count). The van der Waals surface area contributed by atoms with Crippen molar-refractivity contribution in [3.05, 3.63) is 11.4 Å². The third kappa shape index (κ3) is 0.723. The molecule has 10 heavy (non-hydrogen) atoms. The highest BCUT2D eigenvalue weighted by atomic mass is 14.9. The standard InChI is InChI=1S/C6H4N4/c7-1-4-3-10-6(9)5(4)2-8/h3-4H,9H2. The summed E-state index contributed by atoms with van der Waals surface area (Å²) in [6.07, 6.45) is 1.37. The second-order valence-electron chi connectivity index (χ2n) is 1.80. The molecule has 1 unspecified atom stereocenters. The number of nitrogens with two attached hydrogens (primary N) is 1. The molecule has 2 N–H and O–H groups in total. The number of nitrogens with zero attached hydrogens (tertiary/aromatic N) is 3. The first-order valence-electron chi connectivity index (χ1n) is 2.63. The Kier molecular flexibility index (Phi) is 1.39. The van der Waals surface area contributed by atoms with Gasteiger partial charge in [0.15, 0.2) is 0 Å². The Bertz CT molecular complexity index is 286. The maximum absolute atomic E-state index is 8.42. The maximum atomic E-state index is 8.42. The Morgan fingerprint density at radius 1 is 1.60 bits per heavy atom. The zero-order valence-electron chi connectivity index (χ0n) is 5.07. The molecule has 0 aromatic heterocycles. The zero-order valence-corrected chi connectivity index (χ0v) is 5.07. The van der Waals surface area contributed by atoms with Crippen LogP contribution >= 0.6 is 0 Å². The number of hydrogen-bond acceptors (Lipinski definition) is 4. The minimum absolute atomic E-state index is 0.161. The number of rotatable bonds is 0. The molecule has 0 aromatic carbocycles. The van der Waals surface area contributed by atoms with Crippen LogP contribution in [0.4, 0.5) is 0 Å². The van der Waals surface area contributed by atoms with Crippen LogP contribution in [0.2, 0.25) is 0 Å². The fourth-order valence-electron chi connectivity index (χ4n) is 0.683. The Labute approximate surface area is 57.9 Å². The molecule has 0 spiro atoms. The van der Waals surface area contributed by atoms with Crippen LogP contribution in [0.25, 0.3) is 0 Å². The van der Waals surface area contributed by atoms with Gasteiger partial charge < -0.3 is 5.73 Å². The molecule has 0 aliphatic carbocycles. The van der Waals surface area contributed by atoms with Gasteiger partial charge in [-0.1, -0.05) is 0 Å². The quantitative estimate of drug-likeness (QED) is 0.499. The van der Waals surface area contributed by atoms with Crippen molar-refractivity contribution in [3.63, 3.8) is 0 Å². The third-order valence-corrected chi connectivity index (χ3v) is 1.21. The molecule has 1 aliphatic heterocycles. The van der Waals surface area contributed by atoms with E-state index in [4.69, 9.17) is 16.3 Å². The van der Waals surface area contributed by atoms with Gasteiger partial charge in [0.2, 0.25) is 0 Å². The van der Waals surface area contributed by atoms with Gasteiger partial charge in [-0.3, -0.25) is 0 Å². The summed E-state index contributed by atoms with van der Waals surface area (Å²) in [6.45, 7) is 0. The van der Waals surface area contributed by atoms with Crippen LogP contribution in [0.3, 0.4) is 0 Å². The summed E-state index contributed by atoms with van der Waals surface area (Å²) >= 11 is 0. The van der Waals surface area contributed by atoms with E-state index in [1.54, 1.807) is 0 Å². The first-order valence-corrected chi connectivity index (χ1v) is 2.63. The van der Waals surface area contributed by atoms with Gasteiger partial charge in [-0.2, -0.15) is 10.5 Å². The second kappa shape index (κ2) is 2.20. The predicted molar refractivity (Wildman–Crippen MR) is 34.4 cm³/mol. The fourth-order valence-corrected chi connectivity index (χ4v) is 0.683. The summed E-state index contributed by atoms with van der Waals surface area (Å²) in [6, 6.07) is 3.71. The van der Waals surface area contributed by atoms with E-state index in [2.05, 4.69) is 4.99 Å². The van der Waals surface area contributed by atoms with Crippen molar-refractivity contribution in [1.29, 1.82) is 10.5 Å². The minimum Gasteiger partial charge on any atom is -0.383 e. The van der Waals surface area contributed by atoms with Crippen LogP contribution in [0.5, 0.6) is 0 Å². The Morgan fingerprint density at radius 2 is 2.30 bits per heavy atom. The monoisotopic (exact) mass is 132 g/mol. The van der Waals surface area contributed by atoms with E-state index in [1.807, 2.05) is 12.1 Å². The Morgan fingerprint density at radius 3 is 2.70 bits per heavy atom. The normalized spacial score (nSPS) is 22.4. The number of allylic oxidation sites excluding steroid dienone is 1. The van der Waals surface area contributed by atoms with Crippen molar-refractivity contribution in [2.45, 2.75) is 0 Å². The van der Waals surface area contributed by atoms with Crippen molar-refractivity contribution in [2.75, 3.05) is 0 Å². The van der Waals surface area contributed by atoms with Crippen LogP contribution in [0.15, 0.2) is 16.4 Å². The average Bonchev–Trinajstić information content (AvgIpc) is 2.30. The molecule has 0 aromatic rings. The molecule has 0 amide bonds. The predicted octanol–water partition coefficient (Wildman–Crippen LogP) is -0.0955. The summed E-state index contributed by atoms with van der Waals surface area (Å²) in [4.78, 5) is 3.63. The highest BCUT2D eigenvalue weighted by molar-refractivity contribution is 5.75. The first-order chi connectivity index (χ1) is 4.79. The lowest BCUT2D eigenvalue weighted by molar-refractivity contribution is 1.10. The largest absolute Gasteiger partial charge is 0.383 e. The van der Waals surface area contributed by atoms with Crippen molar-refractivity contribution in [2.24, 2.45) is 16.6 Å². The first kappa shape index (κ1) is 6.31. The molecule has 0 saturated carbocycles. The smallest absolute Gasteiger partial charge is 0.138 e. The lowest BCUT2D eigenvalue weighted by Crippen LogP contribution is -2.00. The lowest BCUT2D eigenvalue weighted by atomic mass is 10.1. The highest BCUT2D eigenvalue weighted by Gasteiger charge is 2.19. The van der Waals surface area contributed by atoms with E-state index in [1.165, 1.54) is 6.21 Å². The Balaban J connectivity index is 3.02. The van der Waals surface area contributed by atoms with Crippen molar-refractivity contribution >= 4 is 6.21 Å². The van der Waals surface area contributed by atoms with Crippen molar-refractivity contribution < 1.29 is 0 Å². The SMILES string of the molecule is N#CC1=C(N)N=CC1C#N. The lowest BCUT2D eigenvalue weighted by Gasteiger charge is -1.90. The van der Waals surface area contributed by atoms with Gasteiger partial charge in [0.25, 0.3) is 0 Å². The van der Waals surface area contributed by atoms with Crippen LogP contribution in [0, 0.1) is 28.6 Å². The van der Waals surface area contributed by atoms with E-state index < -0.39 is 5.92 Å². The van der Waals surface area contributed by atoms with Crippen molar-refractivity contribution in [1.82, 2.24) is 0 Å². The second-order valence-corrected chi connectivity index (χ2v) is 1.80. The minimum atomic E-state index is -0.537. The molecule has 1 heterocycles. The van der Waals surface area contributed by atoms with Crippen LogP contribution in [-0.2, 0) is 0 Å². The van der Waals surface area contributed by atoms with E-state index in [0.717, 1.165) is 0 Å². The molecule has 1 atom stereocenters. The summed E-state index contributed by atoms with van der Waals surface area (Å²) in [7, 11) is 0. The van der Waals surface area contributed by atoms with Crippen LogP contribution < -0.4 is 5.73 Å². The number of aliphatic imine (C=N–C) groups is 1. The molecule has 48 valence electrons. The molecule has 4 nitrogen and oxygen atoms in total. The number of nitriles is 2. The Hall–Kier alpha value is -1.81. The fraction of sp³-hybridized carbons (Fsp3) is 0.167. The summed E-state index contributed by atoms with van der Waals surface area (Å²) in [5.74, 6) is -0.376. The van der Waals surface area contributed by atoms with Gasteiger partial charge in [-0.05, 0) is 0 Å². The molecule has 0 saturated heterocycles. The average molecular weight is 132 g/mol. The van der Waals surface area contributed by atoms with Gasteiger partial charge in [-0.15, -0.1) is 0 Å². The third-order valence-electron chi connectivity index (χ3n) is 1.21. The van der Waals surface area contributed by atoms with E-state index in [0.29, 0.717) is 0 Å². The molecular formula is C6H4N4. The van der Waals surface area contributed by atoms with Gasteiger partial charge in [-0.25, -0.2) is 4.99 Å². The summed E-state index contributed by atoms with van der Waals surface area (Å²) < 4.78 is 0. The van der Waals surface area contributed by atoms with Crippen LogP contribution in [-0.4, -0.2) is 6.21 Å². The number of hydrogen-bond donors (Lipinski definition) is 1. The van der Waals surface area contributed by atoms with Crippen LogP contribution in [0.1, 0.15) is 0 Å². The van der Waals surface area contributed by atoms with E-state index in [9.17, 15) is 0 Å². The van der Waals surface area contributed by atoms with E-state index >= 15 is 0 Å². The molecule has 0 radical (unpaired) electrons. The topological polar surface area (TPSA) is 86.0 Å². The molecule has 0 fully saturated rings.